The third-order valence-electron chi connectivity index (χ3n) is 2.87. The smallest absolute Gasteiger partial charge is 0.341 e. The normalized spacial score (nSPS) is 12.1. The van der Waals surface area contributed by atoms with Crippen LogP contribution < -0.4 is 5.32 Å². The minimum atomic E-state index is -0.897. The van der Waals surface area contributed by atoms with Gasteiger partial charge in [-0.3, -0.25) is 4.79 Å². The van der Waals surface area contributed by atoms with Crippen LogP contribution in [0.25, 0.3) is 0 Å². The van der Waals surface area contributed by atoms with Crippen molar-refractivity contribution in [2.45, 2.75) is 26.8 Å². The van der Waals surface area contributed by atoms with Crippen LogP contribution in [0.3, 0.4) is 0 Å². The van der Waals surface area contributed by atoms with Gasteiger partial charge >= 0.3 is 5.97 Å². The molecule has 1 atom stereocenters. The number of hydrogen-bond acceptors (Lipinski definition) is 3. The quantitative estimate of drug-likeness (QED) is 0.851. The van der Waals surface area contributed by atoms with Crippen molar-refractivity contribution in [3.05, 3.63) is 34.6 Å². The molecule has 1 N–H and O–H groups in total. The van der Waals surface area contributed by atoms with Crippen molar-refractivity contribution in [1.29, 1.82) is 0 Å². The summed E-state index contributed by atoms with van der Waals surface area (Å²) in [6, 6.07) is 3.57. The van der Waals surface area contributed by atoms with Crippen molar-refractivity contribution >= 4 is 23.5 Å². The lowest BCUT2D eigenvalue weighted by Crippen LogP contribution is -2.38. The Hall–Kier alpha value is -1.62. The monoisotopic (exact) mass is 301 g/mol. The summed E-state index contributed by atoms with van der Waals surface area (Å²) in [4.78, 5) is 23.1. The van der Waals surface area contributed by atoms with Crippen molar-refractivity contribution in [2.75, 3.05) is 6.61 Å². The summed E-state index contributed by atoms with van der Waals surface area (Å²) in [6.07, 6.45) is 0. The van der Waals surface area contributed by atoms with E-state index in [9.17, 15) is 14.0 Å². The summed E-state index contributed by atoms with van der Waals surface area (Å²) in [5.41, 5.74) is -0.251. The van der Waals surface area contributed by atoms with Crippen LogP contribution in [0.2, 0.25) is 5.02 Å². The van der Waals surface area contributed by atoms with E-state index < -0.39 is 24.3 Å². The molecule has 1 aromatic rings. The predicted molar refractivity (Wildman–Crippen MR) is 74.1 cm³/mol. The molecule has 0 aliphatic rings. The maximum Gasteiger partial charge on any atom is 0.341 e. The van der Waals surface area contributed by atoms with Gasteiger partial charge in [0, 0.05) is 11.1 Å². The minimum absolute atomic E-state index is 0.0338. The van der Waals surface area contributed by atoms with Crippen LogP contribution in [0.15, 0.2) is 18.2 Å². The van der Waals surface area contributed by atoms with Gasteiger partial charge in [-0.1, -0.05) is 25.4 Å². The molecule has 0 bridgehead atoms. The number of benzene rings is 1. The Morgan fingerprint density at radius 1 is 1.35 bits per heavy atom. The molecule has 0 heterocycles. The fourth-order valence-electron chi connectivity index (χ4n) is 1.33. The number of carbonyl (C=O) groups excluding carboxylic acids is 2. The van der Waals surface area contributed by atoms with E-state index in [-0.39, 0.29) is 22.5 Å². The van der Waals surface area contributed by atoms with Crippen molar-refractivity contribution in [1.82, 2.24) is 5.32 Å². The van der Waals surface area contributed by atoms with Crippen LogP contribution >= 0.6 is 11.6 Å². The summed E-state index contributed by atoms with van der Waals surface area (Å²) < 4.78 is 18.2. The first-order chi connectivity index (χ1) is 9.31. The van der Waals surface area contributed by atoms with Gasteiger partial charge in [0.2, 0.25) is 0 Å². The van der Waals surface area contributed by atoms with E-state index in [2.05, 4.69) is 5.32 Å². The molecule has 0 saturated carbocycles. The van der Waals surface area contributed by atoms with Crippen molar-refractivity contribution in [3.63, 3.8) is 0 Å². The second-order valence-corrected chi connectivity index (χ2v) is 5.24. The van der Waals surface area contributed by atoms with E-state index in [1.807, 2.05) is 20.8 Å². The van der Waals surface area contributed by atoms with E-state index in [0.29, 0.717) is 0 Å². The van der Waals surface area contributed by atoms with E-state index >= 15 is 0 Å². The van der Waals surface area contributed by atoms with Gasteiger partial charge in [0.15, 0.2) is 6.61 Å². The first-order valence-electron chi connectivity index (χ1n) is 6.22. The zero-order valence-corrected chi connectivity index (χ0v) is 12.3. The molecule has 4 nitrogen and oxygen atoms in total. The molecule has 0 radical (unpaired) electrons. The van der Waals surface area contributed by atoms with Crippen LogP contribution in [0.4, 0.5) is 4.39 Å². The summed E-state index contributed by atoms with van der Waals surface area (Å²) in [6.45, 7) is 5.32. The Kier molecular flexibility index (Phi) is 5.95. The van der Waals surface area contributed by atoms with Crippen LogP contribution in [0, 0.1) is 11.7 Å². The van der Waals surface area contributed by atoms with Gasteiger partial charge in [-0.25, -0.2) is 9.18 Å². The van der Waals surface area contributed by atoms with Crippen molar-refractivity contribution < 1.29 is 18.7 Å². The first kappa shape index (κ1) is 16.4. The zero-order valence-electron chi connectivity index (χ0n) is 11.6. The average Bonchev–Trinajstić information content (AvgIpc) is 2.35. The predicted octanol–water partition coefficient (Wildman–Crippen LogP) is 2.80. The summed E-state index contributed by atoms with van der Waals surface area (Å²) in [7, 11) is 0. The Balaban J connectivity index is 2.53. The summed E-state index contributed by atoms with van der Waals surface area (Å²) in [5.74, 6) is -1.83. The number of esters is 1. The molecular formula is C14H17ClFNO3. The van der Waals surface area contributed by atoms with Gasteiger partial charge < -0.3 is 10.1 Å². The zero-order chi connectivity index (χ0) is 15.3. The average molecular weight is 302 g/mol. The van der Waals surface area contributed by atoms with Crippen LogP contribution in [-0.2, 0) is 9.53 Å². The van der Waals surface area contributed by atoms with Gasteiger partial charge in [-0.2, -0.15) is 0 Å². The highest BCUT2D eigenvalue weighted by Crippen LogP contribution is 2.15. The highest BCUT2D eigenvalue weighted by molar-refractivity contribution is 6.30. The van der Waals surface area contributed by atoms with E-state index in [0.717, 1.165) is 6.07 Å². The van der Waals surface area contributed by atoms with E-state index in [1.54, 1.807) is 0 Å². The molecule has 0 aromatic heterocycles. The lowest BCUT2D eigenvalue weighted by molar-refractivity contribution is -0.125. The molecule has 0 aliphatic carbocycles. The molecule has 6 heteroatoms. The molecule has 1 aromatic carbocycles. The third kappa shape index (κ3) is 4.81. The van der Waals surface area contributed by atoms with Gasteiger partial charge in [0.25, 0.3) is 5.91 Å². The Bertz CT molecular complexity index is 505. The fourth-order valence-corrected chi connectivity index (χ4v) is 1.48. The number of carbonyl (C=O) groups is 2. The number of ether oxygens (including phenoxy) is 1. The molecule has 0 spiro atoms. The van der Waals surface area contributed by atoms with Gasteiger partial charge in [-0.15, -0.1) is 0 Å². The summed E-state index contributed by atoms with van der Waals surface area (Å²) >= 11 is 5.58. The van der Waals surface area contributed by atoms with Crippen LogP contribution in [0.1, 0.15) is 31.1 Å². The Morgan fingerprint density at radius 2 is 2.00 bits per heavy atom. The van der Waals surface area contributed by atoms with Gasteiger partial charge in [0.05, 0.1) is 5.56 Å². The molecule has 1 amide bonds. The molecule has 0 saturated heterocycles. The van der Waals surface area contributed by atoms with Crippen molar-refractivity contribution in [2.24, 2.45) is 5.92 Å². The molecule has 20 heavy (non-hydrogen) atoms. The topological polar surface area (TPSA) is 55.4 Å². The molecular weight excluding hydrogens is 285 g/mol. The minimum Gasteiger partial charge on any atom is -0.452 e. The molecule has 0 fully saturated rings. The third-order valence-corrected chi connectivity index (χ3v) is 3.11. The molecule has 0 aliphatic heterocycles. The number of amides is 1. The second kappa shape index (κ2) is 7.24. The number of nitrogens with one attached hydrogen (secondary N) is 1. The maximum atomic E-state index is 13.5. The van der Waals surface area contributed by atoms with Crippen molar-refractivity contribution in [3.8, 4) is 0 Å². The largest absolute Gasteiger partial charge is 0.452 e. The lowest BCUT2D eigenvalue weighted by atomic mass is 10.1. The van der Waals surface area contributed by atoms with Gasteiger partial charge in [-0.05, 0) is 31.0 Å². The second-order valence-electron chi connectivity index (χ2n) is 4.80. The molecule has 0 unspecified atom stereocenters. The van der Waals surface area contributed by atoms with Crippen LogP contribution in [0.5, 0.6) is 0 Å². The first-order valence-corrected chi connectivity index (χ1v) is 6.60. The maximum absolute atomic E-state index is 13.5. The number of rotatable bonds is 5. The Morgan fingerprint density at radius 3 is 2.55 bits per heavy atom. The fraction of sp³-hybridized carbons (Fsp3) is 0.429. The van der Waals surface area contributed by atoms with Crippen LogP contribution in [-0.4, -0.2) is 24.5 Å². The Labute approximate surface area is 122 Å². The summed E-state index contributed by atoms with van der Waals surface area (Å²) in [5, 5.41) is 2.86. The molecule has 1 rings (SSSR count). The highest BCUT2D eigenvalue weighted by atomic mass is 35.5. The number of halogens is 2. The highest BCUT2D eigenvalue weighted by Gasteiger charge is 2.16. The number of hydrogen-bond donors (Lipinski definition) is 1. The van der Waals surface area contributed by atoms with E-state index in [4.69, 9.17) is 16.3 Å². The lowest BCUT2D eigenvalue weighted by Gasteiger charge is -2.17. The van der Waals surface area contributed by atoms with E-state index in [1.165, 1.54) is 12.1 Å². The molecule has 110 valence electrons. The SMILES string of the molecule is CC(C)[C@H](C)NC(=O)COC(=O)c1ccc(Cl)cc1F. The van der Waals surface area contributed by atoms with Gasteiger partial charge in [0.1, 0.15) is 5.82 Å². The standard InChI is InChI=1S/C14H17ClFNO3/c1-8(2)9(3)17-13(18)7-20-14(19)11-5-4-10(15)6-12(11)16/h4-6,8-9H,7H2,1-3H3,(H,17,18)/t9-/m0/s1.